The summed E-state index contributed by atoms with van der Waals surface area (Å²) in [6, 6.07) is 17.4. The fourth-order valence-electron chi connectivity index (χ4n) is 4.90. The van der Waals surface area contributed by atoms with Crippen molar-refractivity contribution < 1.29 is 14.7 Å². The van der Waals surface area contributed by atoms with Gasteiger partial charge in [-0.15, -0.1) is 12.6 Å². The molecule has 1 N–H and O–H groups in total. The number of carbonyl (C=O) groups excluding carboxylic acids is 1. The number of anilines is 2. The second-order valence-corrected chi connectivity index (χ2v) is 9.87. The molecule has 1 saturated heterocycles. The minimum atomic E-state index is -1.03. The lowest BCUT2D eigenvalue weighted by atomic mass is 9.96. The van der Waals surface area contributed by atoms with Gasteiger partial charge in [-0.3, -0.25) is 9.59 Å². The molecule has 3 atom stereocenters. The third-order valence-electron chi connectivity index (χ3n) is 6.13. The maximum absolute atomic E-state index is 12.6. The fourth-order valence-corrected chi connectivity index (χ4v) is 6.38. The van der Waals surface area contributed by atoms with Gasteiger partial charge in [-0.1, -0.05) is 42.4 Å². The standard InChI is InChI=1S/C23H22N2O3S2/c26-21(27)13-24-22(28)20(30-23(24)29)12-14-9-10-19-17(11-14)16-7-4-8-18(16)25(19)15-5-2-1-3-6-15/h1-3,5-6,9-12,16,18,23,29H,4,7-8,13H2,(H,26,27)/b20-12-. The molecule has 0 radical (unpaired) electrons. The molecule has 154 valence electrons. The van der Waals surface area contributed by atoms with Crippen molar-refractivity contribution in [1.82, 2.24) is 4.90 Å². The van der Waals surface area contributed by atoms with E-state index < -0.39 is 10.7 Å². The average molecular weight is 439 g/mol. The number of carbonyl (C=O) groups is 2. The van der Waals surface area contributed by atoms with Crippen molar-refractivity contribution in [3.05, 3.63) is 64.6 Å². The summed E-state index contributed by atoms with van der Waals surface area (Å²) in [6.45, 7) is -0.336. The molecule has 2 aromatic rings. The molecule has 2 heterocycles. The molecular formula is C23H22N2O3S2. The number of amides is 1. The van der Waals surface area contributed by atoms with Gasteiger partial charge >= 0.3 is 5.97 Å². The first kappa shape index (κ1) is 19.6. The van der Waals surface area contributed by atoms with Gasteiger partial charge in [-0.05, 0) is 54.3 Å². The van der Waals surface area contributed by atoms with E-state index >= 15 is 0 Å². The number of thiol groups is 1. The van der Waals surface area contributed by atoms with E-state index in [9.17, 15) is 9.59 Å². The van der Waals surface area contributed by atoms with Gasteiger partial charge in [0.1, 0.15) is 11.3 Å². The second-order valence-electron chi connectivity index (χ2n) is 7.91. The molecular weight excluding hydrogens is 416 g/mol. The Kier molecular flexibility index (Phi) is 5.03. The summed E-state index contributed by atoms with van der Waals surface area (Å²) in [7, 11) is 0. The number of hydrogen-bond donors (Lipinski definition) is 2. The molecule has 1 saturated carbocycles. The molecule has 2 aliphatic heterocycles. The van der Waals surface area contributed by atoms with Crippen LogP contribution in [0, 0.1) is 0 Å². The molecule has 0 bridgehead atoms. The zero-order valence-electron chi connectivity index (χ0n) is 16.3. The first-order valence-corrected chi connectivity index (χ1v) is 11.5. The molecule has 5 rings (SSSR count). The van der Waals surface area contributed by atoms with Crippen LogP contribution in [0.2, 0.25) is 0 Å². The van der Waals surface area contributed by atoms with Crippen LogP contribution in [0.3, 0.4) is 0 Å². The maximum Gasteiger partial charge on any atom is 0.323 e. The molecule has 7 heteroatoms. The van der Waals surface area contributed by atoms with Gasteiger partial charge in [-0.25, -0.2) is 0 Å². The number of rotatable bonds is 4. The Labute approximate surface area is 185 Å². The number of hydrogen-bond acceptors (Lipinski definition) is 5. The highest BCUT2D eigenvalue weighted by Gasteiger charge is 2.42. The van der Waals surface area contributed by atoms with E-state index in [0.29, 0.717) is 16.9 Å². The first-order chi connectivity index (χ1) is 14.5. The van der Waals surface area contributed by atoms with Crippen LogP contribution in [0.5, 0.6) is 0 Å². The molecule has 1 aliphatic carbocycles. The Balaban J connectivity index is 1.48. The van der Waals surface area contributed by atoms with Crippen LogP contribution in [0.1, 0.15) is 36.3 Å². The molecule has 3 aliphatic rings. The minimum Gasteiger partial charge on any atom is -0.480 e. The zero-order valence-corrected chi connectivity index (χ0v) is 18.0. The van der Waals surface area contributed by atoms with Crippen molar-refractivity contribution in [2.45, 2.75) is 35.9 Å². The Bertz CT molecular complexity index is 1040. The lowest BCUT2D eigenvalue weighted by Crippen LogP contribution is -2.34. The zero-order chi connectivity index (χ0) is 20.8. The predicted molar refractivity (Wildman–Crippen MR) is 123 cm³/mol. The van der Waals surface area contributed by atoms with Crippen molar-refractivity contribution >= 4 is 53.7 Å². The number of nitrogens with zero attached hydrogens (tertiary/aromatic N) is 2. The van der Waals surface area contributed by atoms with Crippen LogP contribution < -0.4 is 4.90 Å². The Morgan fingerprint density at radius 2 is 2.00 bits per heavy atom. The minimum absolute atomic E-state index is 0.271. The number of thioether (sulfide) groups is 1. The van der Waals surface area contributed by atoms with Crippen LogP contribution in [0.15, 0.2) is 53.4 Å². The van der Waals surface area contributed by atoms with E-state index in [0.717, 1.165) is 5.56 Å². The average Bonchev–Trinajstić information content (AvgIpc) is 3.38. The van der Waals surface area contributed by atoms with E-state index in [2.05, 4.69) is 53.9 Å². The lowest BCUT2D eigenvalue weighted by molar-refractivity contribution is -0.142. The largest absolute Gasteiger partial charge is 0.480 e. The molecule has 1 amide bonds. The molecule has 30 heavy (non-hydrogen) atoms. The fraction of sp³-hybridized carbons (Fsp3) is 0.304. The highest BCUT2D eigenvalue weighted by molar-refractivity contribution is 8.14. The van der Waals surface area contributed by atoms with Crippen LogP contribution >= 0.6 is 24.4 Å². The van der Waals surface area contributed by atoms with Gasteiger partial charge in [0.05, 0.1) is 4.91 Å². The lowest BCUT2D eigenvalue weighted by Gasteiger charge is -2.27. The summed E-state index contributed by atoms with van der Waals surface area (Å²) in [5.74, 6) is -0.797. The third-order valence-corrected chi connectivity index (χ3v) is 7.74. The second kappa shape index (κ2) is 7.71. The van der Waals surface area contributed by atoms with Crippen molar-refractivity contribution in [2.24, 2.45) is 0 Å². The summed E-state index contributed by atoms with van der Waals surface area (Å²) >= 11 is 5.67. The molecule has 0 aromatic heterocycles. The number of carboxylic acid groups (broad SMARTS) is 1. The molecule has 5 nitrogen and oxygen atoms in total. The van der Waals surface area contributed by atoms with Crippen LogP contribution in [0.4, 0.5) is 11.4 Å². The molecule has 3 unspecified atom stereocenters. The van der Waals surface area contributed by atoms with Gasteiger partial charge in [0.25, 0.3) is 5.91 Å². The predicted octanol–water partition coefficient (Wildman–Crippen LogP) is 4.69. The Morgan fingerprint density at radius 1 is 1.20 bits per heavy atom. The Hall–Kier alpha value is -2.38. The monoisotopic (exact) mass is 438 g/mol. The summed E-state index contributed by atoms with van der Waals surface area (Å²) in [4.78, 5) is 27.9. The SMILES string of the molecule is O=C(O)CN1C(=O)/C(=C/c2ccc3c(c2)C2CCCC2N3c2ccccc2)SC1S. The highest BCUT2D eigenvalue weighted by atomic mass is 32.2. The highest BCUT2D eigenvalue weighted by Crippen LogP contribution is 2.52. The number of benzene rings is 2. The topological polar surface area (TPSA) is 60.9 Å². The number of para-hydroxylation sites is 1. The maximum atomic E-state index is 12.6. The Morgan fingerprint density at radius 3 is 2.77 bits per heavy atom. The third kappa shape index (κ3) is 3.30. The van der Waals surface area contributed by atoms with Gasteiger partial charge in [0, 0.05) is 23.3 Å². The first-order valence-electron chi connectivity index (χ1n) is 10.1. The van der Waals surface area contributed by atoms with E-state index in [1.807, 2.05) is 18.2 Å². The number of carboxylic acids is 1. The van der Waals surface area contributed by atoms with E-state index in [1.54, 1.807) is 0 Å². The van der Waals surface area contributed by atoms with Gasteiger partial charge in [-0.2, -0.15) is 0 Å². The van der Waals surface area contributed by atoms with Crippen molar-refractivity contribution in [3.63, 3.8) is 0 Å². The summed E-state index contributed by atoms with van der Waals surface area (Å²) < 4.78 is -0.470. The number of aliphatic carboxylic acids is 1. The van der Waals surface area contributed by atoms with Crippen molar-refractivity contribution in [3.8, 4) is 0 Å². The van der Waals surface area contributed by atoms with E-state index in [-0.39, 0.29) is 12.5 Å². The summed E-state index contributed by atoms with van der Waals surface area (Å²) in [6.07, 6.45) is 5.46. The van der Waals surface area contributed by atoms with Crippen molar-refractivity contribution in [1.29, 1.82) is 0 Å². The molecule has 2 fully saturated rings. The molecule has 2 aromatic carbocycles. The van der Waals surface area contributed by atoms with Crippen molar-refractivity contribution in [2.75, 3.05) is 11.4 Å². The smallest absolute Gasteiger partial charge is 0.323 e. The van der Waals surface area contributed by atoms with Gasteiger partial charge in [0.2, 0.25) is 0 Å². The van der Waals surface area contributed by atoms with Gasteiger partial charge in [0.15, 0.2) is 0 Å². The molecule has 0 spiro atoms. The van der Waals surface area contributed by atoms with Gasteiger partial charge < -0.3 is 14.9 Å². The normalized spacial score (nSPS) is 26.4. The van der Waals surface area contributed by atoms with E-state index in [1.165, 1.54) is 52.9 Å². The van der Waals surface area contributed by atoms with E-state index in [4.69, 9.17) is 5.11 Å². The summed E-state index contributed by atoms with van der Waals surface area (Å²) in [5.41, 5.74) is 4.80. The quantitative estimate of drug-likeness (QED) is 0.536. The summed E-state index contributed by atoms with van der Waals surface area (Å²) in [5, 5.41) is 9.04. The number of fused-ring (bicyclic) bond motifs is 3. The van der Waals surface area contributed by atoms with Crippen LogP contribution in [-0.4, -0.2) is 39.2 Å². The van der Waals surface area contributed by atoms with Crippen LogP contribution in [-0.2, 0) is 9.59 Å². The van der Waals surface area contributed by atoms with Crippen LogP contribution in [0.25, 0.3) is 6.08 Å².